The Bertz CT molecular complexity index is 545. The van der Waals surface area contributed by atoms with Crippen molar-refractivity contribution in [2.24, 2.45) is 5.73 Å². The Hall–Kier alpha value is -1.28. The minimum absolute atomic E-state index is 0.0320. The van der Waals surface area contributed by atoms with Crippen molar-refractivity contribution < 1.29 is 26.3 Å². The lowest BCUT2D eigenvalue weighted by Gasteiger charge is -2.42. The van der Waals surface area contributed by atoms with Crippen molar-refractivity contribution in [2.75, 3.05) is 13.1 Å². The van der Waals surface area contributed by atoms with Crippen LogP contribution in [0, 0.1) is 17.5 Å². The lowest BCUT2D eigenvalue weighted by atomic mass is 9.82. The van der Waals surface area contributed by atoms with E-state index in [0.29, 0.717) is 6.07 Å². The Morgan fingerprint density at radius 1 is 1.18 bits per heavy atom. The predicted octanol–water partition coefficient (Wildman–Crippen LogP) is 3.17. The third-order valence-electron chi connectivity index (χ3n) is 4.02. The summed E-state index contributed by atoms with van der Waals surface area (Å²) in [5.74, 6) is -4.51. The van der Waals surface area contributed by atoms with E-state index in [1.54, 1.807) is 0 Å². The van der Waals surface area contributed by atoms with Gasteiger partial charge in [0.25, 0.3) is 0 Å². The minimum atomic E-state index is -4.45. The van der Waals surface area contributed by atoms with Crippen LogP contribution in [0.1, 0.15) is 24.8 Å². The molecule has 22 heavy (non-hydrogen) atoms. The van der Waals surface area contributed by atoms with Crippen LogP contribution in [0.15, 0.2) is 12.1 Å². The summed E-state index contributed by atoms with van der Waals surface area (Å²) < 4.78 is 79.0. The number of alkyl halides is 3. The second-order valence-corrected chi connectivity index (χ2v) is 5.64. The summed E-state index contributed by atoms with van der Waals surface area (Å²) in [5.41, 5.74) is 5.19. The van der Waals surface area contributed by atoms with E-state index in [1.807, 2.05) is 0 Å². The standard InChI is InChI=1S/C14H16F6N2/c1-7-9(12-10(15)2-3-11(16)13(12)17)4-8(21)5-22(7)6-14(18,19)20/h2-3,7-9H,4-6,21H2,1H3/t7-,8+,9-/m1/s1. The van der Waals surface area contributed by atoms with Crippen LogP contribution >= 0.6 is 0 Å². The number of rotatable bonds is 2. The number of likely N-dealkylation sites (tertiary alicyclic amines) is 1. The third kappa shape index (κ3) is 3.55. The molecule has 2 nitrogen and oxygen atoms in total. The van der Waals surface area contributed by atoms with E-state index < -0.39 is 53.7 Å². The SMILES string of the molecule is C[C@@H]1[C@H](c2c(F)ccc(F)c2F)C[C@H](N)CN1CC(F)(F)F. The zero-order valence-electron chi connectivity index (χ0n) is 11.8. The molecule has 0 bridgehead atoms. The van der Waals surface area contributed by atoms with E-state index >= 15 is 0 Å². The molecule has 2 rings (SSSR count). The molecule has 0 amide bonds. The maximum absolute atomic E-state index is 13.9. The number of benzene rings is 1. The largest absolute Gasteiger partial charge is 0.401 e. The van der Waals surface area contributed by atoms with Crippen molar-refractivity contribution in [1.29, 1.82) is 0 Å². The van der Waals surface area contributed by atoms with Crippen LogP contribution in [0.3, 0.4) is 0 Å². The molecular weight excluding hydrogens is 310 g/mol. The molecule has 1 heterocycles. The van der Waals surface area contributed by atoms with Gasteiger partial charge in [-0.2, -0.15) is 13.2 Å². The van der Waals surface area contributed by atoms with Gasteiger partial charge in [-0.25, -0.2) is 13.2 Å². The first-order valence-corrected chi connectivity index (χ1v) is 6.80. The van der Waals surface area contributed by atoms with Crippen LogP contribution in [0.2, 0.25) is 0 Å². The lowest BCUT2D eigenvalue weighted by Crippen LogP contribution is -2.54. The van der Waals surface area contributed by atoms with Crippen LogP contribution in [-0.4, -0.2) is 36.2 Å². The maximum Gasteiger partial charge on any atom is 0.401 e. The number of piperidine rings is 1. The van der Waals surface area contributed by atoms with Crippen LogP contribution in [0.4, 0.5) is 26.3 Å². The highest BCUT2D eigenvalue weighted by Crippen LogP contribution is 2.36. The fraction of sp³-hybridized carbons (Fsp3) is 0.571. The summed E-state index contributed by atoms with van der Waals surface area (Å²) in [5, 5.41) is 0. The van der Waals surface area contributed by atoms with Crippen LogP contribution < -0.4 is 5.73 Å². The van der Waals surface area contributed by atoms with Crippen molar-refractivity contribution in [3.63, 3.8) is 0 Å². The number of nitrogens with two attached hydrogens (primary N) is 1. The van der Waals surface area contributed by atoms with Gasteiger partial charge in [-0.1, -0.05) is 0 Å². The zero-order chi connectivity index (χ0) is 16.7. The highest BCUT2D eigenvalue weighted by Gasteiger charge is 2.41. The second kappa shape index (κ2) is 6.08. The summed E-state index contributed by atoms with van der Waals surface area (Å²) in [6.07, 6.45) is -4.36. The zero-order valence-corrected chi connectivity index (χ0v) is 11.8. The van der Waals surface area contributed by atoms with Gasteiger partial charge < -0.3 is 5.73 Å². The number of halogens is 6. The molecule has 0 saturated carbocycles. The predicted molar refractivity (Wildman–Crippen MR) is 68.7 cm³/mol. The molecule has 1 aromatic rings. The van der Waals surface area contributed by atoms with Crippen molar-refractivity contribution in [1.82, 2.24) is 4.90 Å². The van der Waals surface area contributed by atoms with E-state index in [4.69, 9.17) is 5.73 Å². The molecule has 1 aliphatic heterocycles. The van der Waals surface area contributed by atoms with Crippen LogP contribution in [0.25, 0.3) is 0 Å². The molecule has 0 aliphatic carbocycles. The molecular formula is C14H16F6N2. The average Bonchev–Trinajstić information content (AvgIpc) is 2.38. The van der Waals surface area contributed by atoms with E-state index in [2.05, 4.69) is 0 Å². The first-order valence-electron chi connectivity index (χ1n) is 6.80. The summed E-state index contributed by atoms with van der Waals surface area (Å²) in [7, 11) is 0. The topological polar surface area (TPSA) is 29.3 Å². The molecule has 124 valence electrons. The molecule has 1 aromatic carbocycles. The summed E-state index contributed by atoms with van der Waals surface area (Å²) >= 11 is 0. The molecule has 2 N–H and O–H groups in total. The van der Waals surface area contributed by atoms with Crippen molar-refractivity contribution in [3.05, 3.63) is 35.1 Å². The molecule has 0 radical (unpaired) electrons. The van der Waals surface area contributed by atoms with Crippen molar-refractivity contribution >= 4 is 0 Å². The average molecular weight is 326 g/mol. The first kappa shape index (κ1) is 17.1. The number of nitrogens with zero attached hydrogens (tertiary/aromatic N) is 1. The van der Waals surface area contributed by atoms with Crippen molar-refractivity contribution in [3.8, 4) is 0 Å². The van der Waals surface area contributed by atoms with Crippen molar-refractivity contribution in [2.45, 2.75) is 37.5 Å². The monoisotopic (exact) mass is 326 g/mol. The molecule has 1 fully saturated rings. The molecule has 3 atom stereocenters. The van der Waals surface area contributed by atoms with Gasteiger partial charge in [0.05, 0.1) is 6.54 Å². The highest BCUT2D eigenvalue weighted by atomic mass is 19.4. The molecule has 1 saturated heterocycles. The highest BCUT2D eigenvalue weighted by molar-refractivity contribution is 5.27. The van der Waals surface area contributed by atoms with Gasteiger partial charge in [0.2, 0.25) is 0 Å². The van der Waals surface area contributed by atoms with E-state index in [9.17, 15) is 26.3 Å². The second-order valence-electron chi connectivity index (χ2n) is 5.64. The minimum Gasteiger partial charge on any atom is -0.327 e. The molecule has 0 spiro atoms. The van der Waals surface area contributed by atoms with E-state index in [0.717, 1.165) is 11.0 Å². The fourth-order valence-corrected chi connectivity index (χ4v) is 3.00. The van der Waals surface area contributed by atoms with E-state index in [-0.39, 0.29) is 13.0 Å². The Labute approximate surface area is 123 Å². The summed E-state index contributed by atoms with van der Waals surface area (Å²) in [4.78, 5) is 1.03. The third-order valence-corrected chi connectivity index (χ3v) is 4.02. The number of hydrogen-bond acceptors (Lipinski definition) is 2. The molecule has 0 aromatic heterocycles. The summed E-state index contributed by atoms with van der Waals surface area (Å²) in [6.45, 7) is 0.179. The van der Waals surface area contributed by atoms with Gasteiger partial charge in [0, 0.05) is 30.1 Å². The Morgan fingerprint density at radius 2 is 1.77 bits per heavy atom. The van der Waals surface area contributed by atoms with Crippen LogP contribution in [-0.2, 0) is 0 Å². The van der Waals surface area contributed by atoms with Crippen LogP contribution in [0.5, 0.6) is 0 Å². The van der Waals surface area contributed by atoms with Gasteiger partial charge in [0.1, 0.15) is 5.82 Å². The van der Waals surface area contributed by atoms with Gasteiger partial charge >= 0.3 is 6.18 Å². The first-order chi connectivity index (χ1) is 10.1. The Morgan fingerprint density at radius 3 is 2.36 bits per heavy atom. The van der Waals surface area contributed by atoms with Gasteiger partial charge in [-0.05, 0) is 25.5 Å². The molecule has 1 aliphatic rings. The lowest BCUT2D eigenvalue weighted by molar-refractivity contribution is -0.154. The molecule has 0 unspecified atom stereocenters. The van der Waals surface area contributed by atoms with Gasteiger partial charge in [-0.15, -0.1) is 0 Å². The van der Waals surface area contributed by atoms with Gasteiger partial charge in [-0.3, -0.25) is 4.90 Å². The van der Waals surface area contributed by atoms with E-state index in [1.165, 1.54) is 6.92 Å². The Balaban J connectivity index is 2.36. The maximum atomic E-state index is 13.9. The quantitative estimate of drug-likeness (QED) is 0.668. The normalized spacial score (nSPS) is 27.2. The summed E-state index contributed by atoms with van der Waals surface area (Å²) in [6, 6.07) is -0.0677. The van der Waals surface area contributed by atoms with Gasteiger partial charge in [0.15, 0.2) is 11.6 Å². The fourth-order valence-electron chi connectivity index (χ4n) is 3.00. The smallest absolute Gasteiger partial charge is 0.327 e. The Kier molecular flexibility index (Phi) is 4.72. The number of hydrogen-bond donors (Lipinski definition) is 1. The molecule has 8 heteroatoms.